The summed E-state index contributed by atoms with van der Waals surface area (Å²) >= 11 is 0. The number of benzene rings is 10. The van der Waals surface area contributed by atoms with E-state index >= 15 is 0 Å². The number of fused-ring (bicyclic) bond motifs is 6. The first kappa shape index (κ1) is 36.8. The Balaban J connectivity index is 1.17. The first-order valence-corrected chi connectivity index (χ1v) is 23.8. The lowest BCUT2D eigenvalue weighted by Gasteiger charge is -2.35. The molecular weight excluding hydrogens is 777 g/mol. The van der Waals surface area contributed by atoms with Crippen molar-refractivity contribution < 1.29 is 0 Å². The van der Waals surface area contributed by atoms with Gasteiger partial charge in [-0.2, -0.15) is 0 Å². The van der Waals surface area contributed by atoms with Crippen LogP contribution in [0.3, 0.4) is 0 Å². The van der Waals surface area contributed by atoms with Crippen LogP contribution in [0.5, 0.6) is 0 Å². The van der Waals surface area contributed by atoms with E-state index in [1.807, 2.05) is 0 Å². The van der Waals surface area contributed by atoms with Gasteiger partial charge >= 0.3 is 0 Å². The molecule has 10 aromatic carbocycles. The van der Waals surface area contributed by atoms with E-state index < -0.39 is 8.07 Å². The van der Waals surface area contributed by atoms with Gasteiger partial charge in [-0.05, 0) is 73.8 Å². The van der Waals surface area contributed by atoms with Gasteiger partial charge in [-0.3, -0.25) is 0 Å². The zero-order valence-electron chi connectivity index (χ0n) is 34.6. The number of hydrogen-bond acceptors (Lipinski definition) is 0. The second kappa shape index (κ2) is 15.2. The van der Waals surface area contributed by atoms with E-state index in [1.54, 1.807) is 0 Å². The van der Waals surface area contributed by atoms with Crippen LogP contribution < -0.4 is 20.7 Å². The summed E-state index contributed by atoms with van der Waals surface area (Å²) in [7, 11) is -2.88. The Bertz CT molecular complexity index is 3500. The molecule has 0 unspecified atom stereocenters. The van der Waals surface area contributed by atoms with Gasteiger partial charge in [-0.25, -0.2) is 0 Å². The minimum Gasteiger partial charge on any atom is -0.309 e. The summed E-state index contributed by atoms with van der Waals surface area (Å²) < 4.78 is 5.01. The maximum Gasteiger partial charge on any atom is 0.180 e. The lowest BCUT2D eigenvalue weighted by molar-refractivity contribution is 1.16. The molecule has 0 aliphatic rings. The molecule has 0 aliphatic heterocycles. The highest BCUT2D eigenvalue weighted by Crippen LogP contribution is 2.41. The molecule has 0 bridgehead atoms. The Morgan fingerprint density at radius 1 is 0.286 bits per heavy atom. The second-order valence-electron chi connectivity index (χ2n) is 16.4. The molecule has 0 atom stereocenters. The fourth-order valence-electron chi connectivity index (χ4n) is 10.4. The normalized spacial score (nSPS) is 11.8. The molecule has 12 aromatic rings. The molecular formula is C60H42N2Si. The second-order valence-corrected chi connectivity index (χ2v) is 20.2. The molecule has 0 aliphatic carbocycles. The monoisotopic (exact) mass is 818 g/mol. The van der Waals surface area contributed by atoms with Crippen molar-refractivity contribution >= 4 is 72.4 Å². The van der Waals surface area contributed by atoms with Crippen LogP contribution in [0.25, 0.3) is 77.2 Å². The van der Waals surface area contributed by atoms with Crippen LogP contribution in [0.1, 0.15) is 0 Å². The molecule has 63 heavy (non-hydrogen) atoms. The Hall–Kier alpha value is -7.98. The highest BCUT2D eigenvalue weighted by molar-refractivity contribution is 7.20. The fourth-order valence-corrected chi connectivity index (χ4v) is 15.4. The highest BCUT2D eigenvalue weighted by atomic mass is 28.3. The van der Waals surface area contributed by atoms with Crippen molar-refractivity contribution in [2.24, 2.45) is 0 Å². The van der Waals surface area contributed by atoms with Crippen LogP contribution in [-0.4, -0.2) is 17.2 Å². The number of para-hydroxylation sites is 2. The summed E-state index contributed by atoms with van der Waals surface area (Å²) in [5.74, 6) is 0. The zero-order chi connectivity index (χ0) is 41.7. The summed E-state index contributed by atoms with van der Waals surface area (Å²) in [6.45, 7) is 0. The van der Waals surface area contributed by atoms with Gasteiger partial charge in [-0.15, -0.1) is 0 Å². The Labute approximate surface area is 368 Å². The third-order valence-electron chi connectivity index (χ3n) is 13.0. The number of aromatic nitrogens is 2. The Kier molecular flexibility index (Phi) is 8.87. The minimum absolute atomic E-state index is 1.13. The van der Waals surface area contributed by atoms with E-state index in [0.29, 0.717) is 0 Å². The summed E-state index contributed by atoms with van der Waals surface area (Å²) in [5, 5.41) is 10.5. The average molecular weight is 819 g/mol. The minimum atomic E-state index is -2.88. The van der Waals surface area contributed by atoms with Crippen LogP contribution in [0.2, 0.25) is 0 Å². The molecule has 0 amide bonds. The SMILES string of the molecule is c1ccc(-c2cccc(-n3c4cc(-n5c6ccccc6c6c([Si](c7ccccc7)(c7ccccc7)c7ccccc7)cccc65)ccc4c4cccc(-c5ccccc5)c43)c2)cc1. The van der Waals surface area contributed by atoms with Gasteiger partial charge in [0.25, 0.3) is 0 Å². The summed E-state index contributed by atoms with van der Waals surface area (Å²) in [6, 6.07) is 94.2. The molecule has 0 saturated heterocycles. The van der Waals surface area contributed by atoms with Crippen LogP contribution in [-0.2, 0) is 0 Å². The van der Waals surface area contributed by atoms with Crippen LogP contribution in [0, 0.1) is 0 Å². The summed E-state index contributed by atoms with van der Waals surface area (Å²) in [4.78, 5) is 0. The van der Waals surface area contributed by atoms with E-state index in [9.17, 15) is 0 Å². The van der Waals surface area contributed by atoms with Gasteiger partial charge in [0.05, 0.1) is 22.1 Å². The molecule has 2 heterocycles. The van der Waals surface area contributed by atoms with Gasteiger partial charge < -0.3 is 9.13 Å². The molecule has 296 valence electrons. The third kappa shape index (κ3) is 5.85. The maximum atomic E-state index is 2.51. The van der Waals surface area contributed by atoms with Gasteiger partial charge in [0.15, 0.2) is 8.07 Å². The molecule has 0 saturated carbocycles. The van der Waals surface area contributed by atoms with E-state index in [4.69, 9.17) is 0 Å². The van der Waals surface area contributed by atoms with Gasteiger partial charge in [0.2, 0.25) is 0 Å². The van der Waals surface area contributed by atoms with E-state index in [-0.39, 0.29) is 0 Å². The van der Waals surface area contributed by atoms with Crippen LogP contribution >= 0.6 is 0 Å². The number of rotatable bonds is 8. The molecule has 2 nitrogen and oxygen atoms in total. The summed E-state index contributed by atoms with van der Waals surface area (Å²) in [6.07, 6.45) is 0. The predicted molar refractivity (Wildman–Crippen MR) is 270 cm³/mol. The Morgan fingerprint density at radius 3 is 1.46 bits per heavy atom. The quantitative estimate of drug-likeness (QED) is 0.107. The topological polar surface area (TPSA) is 9.86 Å². The molecule has 0 fully saturated rings. The highest BCUT2D eigenvalue weighted by Gasteiger charge is 2.43. The lowest BCUT2D eigenvalue weighted by Crippen LogP contribution is -2.74. The van der Waals surface area contributed by atoms with E-state index in [2.05, 4.69) is 264 Å². The largest absolute Gasteiger partial charge is 0.309 e. The van der Waals surface area contributed by atoms with Crippen molar-refractivity contribution in [1.29, 1.82) is 0 Å². The average Bonchev–Trinajstić information content (AvgIpc) is 3.89. The first-order chi connectivity index (χ1) is 31.3. The van der Waals surface area contributed by atoms with Crippen molar-refractivity contribution in [2.45, 2.75) is 0 Å². The number of hydrogen-bond donors (Lipinski definition) is 0. The van der Waals surface area contributed by atoms with Gasteiger partial charge in [0, 0.05) is 38.5 Å². The fraction of sp³-hybridized carbons (Fsp3) is 0. The standard InChI is InChI=1S/C60H42N2Si/c1-6-21-43(22-7-1)45-25-18-26-46(41-45)62-57-42-47(39-40-52(57)53-35-19-34-51(60(53)62)44-23-8-2-9-24-44)61-55-36-17-16-33-54(55)59-56(61)37-20-38-58(59)63(48-27-10-3-11-28-48,49-29-12-4-13-30-49)50-31-14-5-15-32-50/h1-42H. The smallest absolute Gasteiger partial charge is 0.180 e. The van der Waals surface area contributed by atoms with Crippen molar-refractivity contribution in [3.8, 4) is 33.6 Å². The van der Waals surface area contributed by atoms with Crippen LogP contribution in [0.4, 0.5) is 0 Å². The zero-order valence-corrected chi connectivity index (χ0v) is 35.6. The molecule has 3 heteroatoms. The predicted octanol–water partition coefficient (Wildman–Crippen LogP) is 12.6. The van der Waals surface area contributed by atoms with Gasteiger partial charge in [-0.1, -0.05) is 218 Å². The molecule has 0 spiro atoms. The molecule has 0 N–H and O–H groups in total. The van der Waals surface area contributed by atoms with Crippen molar-refractivity contribution in [3.05, 3.63) is 255 Å². The van der Waals surface area contributed by atoms with E-state index in [0.717, 1.165) is 11.4 Å². The van der Waals surface area contributed by atoms with Crippen molar-refractivity contribution in [1.82, 2.24) is 9.13 Å². The molecule has 12 rings (SSSR count). The summed E-state index contributed by atoms with van der Waals surface area (Å²) in [5.41, 5.74) is 11.8. The third-order valence-corrected chi connectivity index (χ3v) is 17.9. The lowest BCUT2D eigenvalue weighted by atomic mass is 10.0. The van der Waals surface area contributed by atoms with Crippen LogP contribution in [0.15, 0.2) is 255 Å². The first-order valence-electron chi connectivity index (χ1n) is 21.8. The molecule has 0 radical (unpaired) electrons. The number of nitrogens with zero attached hydrogens (tertiary/aromatic N) is 2. The van der Waals surface area contributed by atoms with Crippen molar-refractivity contribution in [2.75, 3.05) is 0 Å². The van der Waals surface area contributed by atoms with Gasteiger partial charge in [0.1, 0.15) is 0 Å². The Morgan fingerprint density at radius 2 is 0.794 bits per heavy atom. The maximum absolute atomic E-state index is 2.88. The molecule has 2 aromatic heterocycles. The van der Waals surface area contributed by atoms with E-state index in [1.165, 1.54) is 86.6 Å². The van der Waals surface area contributed by atoms with Crippen molar-refractivity contribution in [3.63, 3.8) is 0 Å².